The summed E-state index contributed by atoms with van der Waals surface area (Å²) in [6.45, 7) is 5.28. The number of nitrogens with two attached hydrogens (primary N) is 1. The van der Waals surface area contributed by atoms with Gasteiger partial charge in [-0.2, -0.15) is 13.2 Å². The Hall–Kier alpha value is -4.60. The van der Waals surface area contributed by atoms with E-state index in [2.05, 4.69) is 38.3 Å². The summed E-state index contributed by atoms with van der Waals surface area (Å²) in [5.74, 6) is 1.83. The maximum absolute atomic E-state index is 13.0. The molecule has 4 unspecified atom stereocenters. The molecule has 3 heterocycles. The molecular weight excluding hydrogens is 703 g/mol. The number of hydrogen-bond acceptors (Lipinski definition) is 10. The summed E-state index contributed by atoms with van der Waals surface area (Å²) >= 11 is 0. The molecule has 15 heteroatoms. The van der Waals surface area contributed by atoms with Crippen molar-refractivity contribution in [2.45, 2.75) is 88.8 Å². The monoisotopic (exact) mass is 751 g/mol. The van der Waals surface area contributed by atoms with Gasteiger partial charge in [0.1, 0.15) is 35.4 Å². The molecule has 3 aliphatic rings. The quantitative estimate of drug-likeness (QED) is 0.124. The maximum atomic E-state index is 13.0. The van der Waals surface area contributed by atoms with Gasteiger partial charge in [0.2, 0.25) is 5.91 Å². The van der Waals surface area contributed by atoms with Crippen molar-refractivity contribution >= 4 is 34.1 Å². The normalized spacial score (nSPS) is 24.7. The van der Waals surface area contributed by atoms with E-state index >= 15 is 0 Å². The third-order valence-electron chi connectivity index (χ3n) is 11.1. The van der Waals surface area contributed by atoms with Gasteiger partial charge in [0.25, 0.3) is 0 Å². The molecule has 1 amide bonds. The van der Waals surface area contributed by atoms with Gasteiger partial charge in [0.15, 0.2) is 5.79 Å². The topological polar surface area (TPSA) is 138 Å². The number of fused-ring (bicyclic) bond motifs is 2. The van der Waals surface area contributed by atoms with Gasteiger partial charge in [-0.15, -0.1) is 0 Å². The minimum Gasteiger partial charge on any atom is -0.497 e. The second-order valence-electron chi connectivity index (χ2n) is 15.2. The largest absolute Gasteiger partial charge is 0.497 e. The van der Waals surface area contributed by atoms with E-state index in [0.717, 1.165) is 71.9 Å². The van der Waals surface area contributed by atoms with Crippen molar-refractivity contribution in [2.24, 2.45) is 11.8 Å². The molecule has 4 aromatic rings. The highest BCUT2D eigenvalue weighted by Gasteiger charge is 2.55. The third-order valence-corrected chi connectivity index (χ3v) is 11.1. The molecule has 54 heavy (non-hydrogen) atoms. The highest BCUT2D eigenvalue weighted by Crippen LogP contribution is 2.49. The van der Waals surface area contributed by atoms with Crippen molar-refractivity contribution in [3.8, 4) is 11.5 Å². The van der Waals surface area contributed by atoms with Crippen LogP contribution in [0.1, 0.15) is 63.1 Å². The fourth-order valence-electron chi connectivity index (χ4n) is 8.28. The van der Waals surface area contributed by atoms with Crippen LogP contribution >= 0.6 is 0 Å². The molecule has 12 nitrogen and oxygen atoms in total. The van der Waals surface area contributed by atoms with Gasteiger partial charge in [0.05, 0.1) is 48.7 Å². The Morgan fingerprint density at radius 2 is 1.83 bits per heavy atom. The Labute approximate surface area is 312 Å². The highest BCUT2D eigenvalue weighted by atomic mass is 19.4. The number of ether oxygens (including phenoxy) is 4. The Morgan fingerprint density at radius 3 is 2.56 bits per heavy atom. The number of amides is 1. The van der Waals surface area contributed by atoms with Crippen LogP contribution in [0.2, 0.25) is 0 Å². The Morgan fingerprint density at radius 1 is 1.06 bits per heavy atom. The van der Waals surface area contributed by atoms with E-state index in [-0.39, 0.29) is 47.9 Å². The first-order chi connectivity index (χ1) is 25.7. The van der Waals surface area contributed by atoms with Crippen LogP contribution in [0.3, 0.4) is 0 Å². The van der Waals surface area contributed by atoms with Crippen LogP contribution < -0.4 is 25.8 Å². The number of nitrogen functional groups attached to an aromatic ring is 1. The number of alkyl halides is 3. The number of halogens is 3. The molecule has 4 atom stereocenters. The standard InChI is InChI=1S/C39H48F3N7O5/c1-38(2)53-34-24(20-48(3)26-14-22(15-26)6-11-33(50)47-30-10-8-25(17-29(30)43)39(40,41)42)16-31(35(34)54-38)49-13-12-28-36(45-21-46-37(28)49)44-19-23-7-9-27(51-4)18-32(23)52-5/h7-10,12-13,17-18,21-22,24,26,31,34-35H,6,11,14-16,19-20,43H2,1-5H3,(H,47,50)(H,44,45,46). The molecule has 2 aromatic heterocycles. The number of nitrogens with one attached hydrogen (secondary N) is 2. The molecule has 2 aromatic carbocycles. The lowest BCUT2D eigenvalue weighted by Gasteiger charge is -2.42. The number of methoxy groups -OCH3 is 2. The molecule has 2 aliphatic carbocycles. The first-order valence-corrected chi connectivity index (χ1v) is 18.3. The zero-order chi connectivity index (χ0) is 38.4. The Kier molecular flexibility index (Phi) is 10.4. The van der Waals surface area contributed by atoms with Crippen LogP contribution in [0.15, 0.2) is 55.0 Å². The number of anilines is 3. The summed E-state index contributed by atoms with van der Waals surface area (Å²) in [7, 11) is 5.42. The maximum Gasteiger partial charge on any atom is 0.416 e. The van der Waals surface area contributed by atoms with E-state index in [1.165, 1.54) is 6.07 Å². The van der Waals surface area contributed by atoms with E-state index in [0.29, 0.717) is 24.9 Å². The summed E-state index contributed by atoms with van der Waals surface area (Å²) in [5.41, 5.74) is 6.82. The van der Waals surface area contributed by atoms with Crippen LogP contribution in [0.25, 0.3) is 11.0 Å². The first-order valence-electron chi connectivity index (χ1n) is 18.3. The lowest BCUT2D eigenvalue weighted by atomic mass is 9.76. The highest BCUT2D eigenvalue weighted by molar-refractivity contribution is 5.94. The van der Waals surface area contributed by atoms with E-state index in [9.17, 15) is 18.0 Å². The van der Waals surface area contributed by atoms with E-state index in [1.807, 2.05) is 38.1 Å². The van der Waals surface area contributed by atoms with Crippen molar-refractivity contribution < 1.29 is 36.9 Å². The third kappa shape index (κ3) is 7.80. The molecule has 1 aliphatic heterocycles. The second kappa shape index (κ2) is 14.9. The molecule has 3 fully saturated rings. The van der Waals surface area contributed by atoms with Crippen LogP contribution in [0, 0.1) is 11.8 Å². The Bertz CT molecular complexity index is 1980. The van der Waals surface area contributed by atoms with Crippen LogP contribution in [-0.4, -0.2) is 77.2 Å². The van der Waals surface area contributed by atoms with Gasteiger partial charge in [-0.3, -0.25) is 4.79 Å². The summed E-state index contributed by atoms with van der Waals surface area (Å²) in [4.78, 5) is 24.3. The number of rotatable bonds is 13. The second-order valence-corrected chi connectivity index (χ2v) is 15.2. The summed E-state index contributed by atoms with van der Waals surface area (Å²) in [6.07, 6.45) is 2.71. The predicted octanol–water partition coefficient (Wildman–Crippen LogP) is 6.87. The number of benzene rings is 2. The Balaban J connectivity index is 0.952. The van der Waals surface area contributed by atoms with E-state index in [4.69, 9.17) is 29.7 Å². The van der Waals surface area contributed by atoms with Crippen molar-refractivity contribution in [3.63, 3.8) is 0 Å². The van der Waals surface area contributed by atoms with Gasteiger partial charge in [0, 0.05) is 49.3 Å². The molecule has 4 N–H and O–H groups in total. The summed E-state index contributed by atoms with van der Waals surface area (Å²) < 4.78 is 65.1. The smallest absolute Gasteiger partial charge is 0.416 e. The number of aromatic nitrogens is 3. The van der Waals surface area contributed by atoms with E-state index < -0.39 is 17.5 Å². The molecule has 290 valence electrons. The van der Waals surface area contributed by atoms with Gasteiger partial charge in [-0.25, -0.2) is 9.97 Å². The van der Waals surface area contributed by atoms with Crippen molar-refractivity contribution in [1.82, 2.24) is 19.4 Å². The molecule has 0 bridgehead atoms. The SMILES string of the molecule is COc1ccc(CNc2ncnc3c2ccn3C2CC(CN(C)C3CC(CCC(=O)Nc4ccc(C(F)(F)F)cc4N)C3)C3OC(C)(C)OC32)c(OC)c1. The predicted molar refractivity (Wildman–Crippen MR) is 198 cm³/mol. The van der Waals surface area contributed by atoms with Crippen molar-refractivity contribution in [3.05, 3.63) is 66.1 Å². The fourth-order valence-corrected chi connectivity index (χ4v) is 8.28. The molecule has 7 rings (SSSR count). The number of nitrogens with zero attached hydrogens (tertiary/aromatic N) is 4. The molecule has 2 saturated carbocycles. The van der Waals surface area contributed by atoms with Crippen molar-refractivity contribution in [1.29, 1.82) is 0 Å². The summed E-state index contributed by atoms with van der Waals surface area (Å²) in [6, 6.07) is 11.1. The molecule has 1 saturated heterocycles. The van der Waals surface area contributed by atoms with E-state index in [1.54, 1.807) is 20.5 Å². The molecular formula is C39H48F3N7O5. The summed E-state index contributed by atoms with van der Waals surface area (Å²) in [5, 5.41) is 7.05. The van der Waals surface area contributed by atoms with Crippen LogP contribution in [0.5, 0.6) is 11.5 Å². The average Bonchev–Trinajstić information content (AvgIpc) is 3.78. The van der Waals surface area contributed by atoms with Crippen LogP contribution in [-0.2, 0) is 27.0 Å². The first kappa shape index (κ1) is 37.7. The van der Waals surface area contributed by atoms with Gasteiger partial charge < -0.3 is 44.8 Å². The zero-order valence-electron chi connectivity index (χ0n) is 31.2. The molecule has 0 radical (unpaired) electrons. The lowest BCUT2D eigenvalue weighted by molar-refractivity contribution is -0.161. The zero-order valence-corrected chi connectivity index (χ0v) is 31.2. The van der Waals surface area contributed by atoms with Gasteiger partial charge in [-0.05, 0) is 88.9 Å². The molecule has 0 spiro atoms. The van der Waals surface area contributed by atoms with Gasteiger partial charge >= 0.3 is 6.18 Å². The number of carbonyl (C=O) groups is 1. The van der Waals surface area contributed by atoms with Gasteiger partial charge in [-0.1, -0.05) is 0 Å². The number of carbonyl (C=O) groups excluding carboxylic acids is 1. The van der Waals surface area contributed by atoms with Crippen molar-refractivity contribution in [2.75, 3.05) is 44.2 Å². The minimum absolute atomic E-state index is 0.0171. The minimum atomic E-state index is -4.49. The van der Waals surface area contributed by atoms with Crippen LogP contribution in [0.4, 0.5) is 30.4 Å². The average molecular weight is 752 g/mol. The fraction of sp³-hybridized carbons (Fsp3) is 0.513. The number of hydrogen-bond donors (Lipinski definition) is 3. The lowest BCUT2D eigenvalue weighted by Crippen LogP contribution is -2.46.